The fourth-order valence-corrected chi connectivity index (χ4v) is 9.64. The summed E-state index contributed by atoms with van der Waals surface area (Å²) in [5.41, 5.74) is 0.806. The van der Waals surface area contributed by atoms with Crippen molar-refractivity contribution < 1.29 is 52.1 Å². The summed E-state index contributed by atoms with van der Waals surface area (Å²) in [6, 6.07) is 9.77. The lowest BCUT2D eigenvalue weighted by atomic mass is 9.49. The molecule has 300 valence electrons. The van der Waals surface area contributed by atoms with Gasteiger partial charge in [-0.05, 0) is 73.1 Å². The second kappa shape index (κ2) is 15.1. The number of nitrogens with one attached hydrogen (secondary N) is 1. The Morgan fingerprint density at radius 1 is 0.982 bits per heavy atom. The van der Waals surface area contributed by atoms with Crippen LogP contribution in [-0.2, 0) is 35.6 Å². The number of halogens is 6. The number of aromatic nitrogens is 1. The summed E-state index contributed by atoms with van der Waals surface area (Å²) >= 11 is 19.1. The standard InChI is InChI=1S/C39H34Cl3F3N4O8/c1-57-28-14-18(13-26(41)32(28)52)31-22-10-11-23-30(36(55)48(34(23)53)12-4-2-3-5-29(50)51)24(22)16-25-35(54)49(37(56)38(25,31)19-6-8-21(40)9-7-19)47-33-27(42)15-20(17-46-33)39(43,44)45/h6-10,13-15,17,23-25,30-31,52H,2-5,11-12,16H2,1H3,(H,46,47)(H,50,51). The molecule has 4 aliphatic rings. The van der Waals surface area contributed by atoms with Gasteiger partial charge in [-0.1, -0.05) is 65.0 Å². The molecule has 3 aromatic rings. The molecule has 0 spiro atoms. The van der Waals surface area contributed by atoms with Crippen LogP contribution in [0.5, 0.6) is 11.5 Å². The molecule has 6 unspecified atom stereocenters. The number of nitrogens with zero attached hydrogens (tertiary/aromatic N) is 3. The number of rotatable bonds is 11. The molecule has 12 nitrogen and oxygen atoms in total. The van der Waals surface area contributed by atoms with Gasteiger partial charge in [-0.3, -0.25) is 34.3 Å². The fraction of sp³-hybridized carbons (Fsp3) is 0.385. The number of hydrazine groups is 1. The third-order valence-electron chi connectivity index (χ3n) is 11.5. The predicted molar refractivity (Wildman–Crippen MR) is 199 cm³/mol. The number of pyridine rings is 1. The first-order valence-corrected chi connectivity index (χ1v) is 19.1. The van der Waals surface area contributed by atoms with E-state index in [4.69, 9.17) is 44.6 Å². The molecule has 3 N–H and O–H groups in total. The topological polar surface area (TPSA) is 166 Å². The Morgan fingerprint density at radius 2 is 1.70 bits per heavy atom. The van der Waals surface area contributed by atoms with Crippen molar-refractivity contribution in [2.24, 2.45) is 23.7 Å². The van der Waals surface area contributed by atoms with Gasteiger partial charge in [0.15, 0.2) is 17.3 Å². The zero-order chi connectivity index (χ0) is 41.1. The highest BCUT2D eigenvalue weighted by molar-refractivity contribution is 6.33. The molecule has 2 aliphatic heterocycles. The van der Waals surface area contributed by atoms with E-state index in [9.17, 15) is 37.5 Å². The number of carbonyl (C=O) groups excluding carboxylic acids is 4. The Balaban J connectivity index is 1.37. The van der Waals surface area contributed by atoms with Gasteiger partial charge >= 0.3 is 12.1 Å². The molecule has 3 fully saturated rings. The smallest absolute Gasteiger partial charge is 0.417 e. The van der Waals surface area contributed by atoms with Crippen LogP contribution in [0.4, 0.5) is 19.0 Å². The largest absolute Gasteiger partial charge is 0.503 e. The normalized spacial score (nSPS) is 25.6. The summed E-state index contributed by atoms with van der Waals surface area (Å²) in [5.74, 6) is -9.09. The third-order valence-corrected chi connectivity index (χ3v) is 12.4. The average molecular weight is 850 g/mol. The van der Waals surface area contributed by atoms with E-state index < -0.39 is 81.3 Å². The van der Waals surface area contributed by atoms with Crippen LogP contribution in [0, 0.1) is 23.7 Å². The van der Waals surface area contributed by atoms with Gasteiger partial charge in [0.2, 0.25) is 11.8 Å². The Bertz CT molecular complexity index is 2220. The SMILES string of the molecule is COc1cc(C2C3=CCC4C(=O)N(CCCCCC(=O)O)C(=O)C4C3CC3C(=O)N(Nc4ncc(C(F)(F)F)cc4Cl)C(=O)C32c2ccc(Cl)cc2)cc(Cl)c1O. The number of hydrogen-bond acceptors (Lipinski definition) is 9. The van der Waals surface area contributed by atoms with Crippen LogP contribution in [-0.4, -0.2) is 68.4 Å². The zero-order valence-electron chi connectivity index (χ0n) is 30.0. The highest BCUT2D eigenvalue weighted by Gasteiger charge is 2.70. The third kappa shape index (κ3) is 6.76. The van der Waals surface area contributed by atoms with Crippen molar-refractivity contribution in [1.82, 2.24) is 14.9 Å². The van der Waals surface area contributed by atoms with E-state index in [0.29, 0.717) is 58.3 Å². The number of carboxylic acids is 1. The number of carboxylic acid groups (broad SMARTS) is 1. The van der Waals surface area contributed by atoms with Gasteiger partial charge in [0.1, 0.15) is 0 Å². The van der Waals surface area contributed by atoms with Gasteiger partial charge in [0.05, 0.1) is 45.9 Å². The predicted octanol–water partition coefficient (Wildman–Crippen LogP) is 7.40. The number of imide groups is 2. The minimum absolute atomic E-state index is 0.0491. The number of phenolic OH excluding ortho intramolecular Hbond substituents is 1. The van der Waals surface area contributed by atoms with E-state index in [0.717, 1.165) is 0 Å². The molecule has 3 heterocycles. The maximum atomic E-state index is 15.3. The monoisotopic (exact) mass is 848 g/mol. The molecule has 2 saturated heterocycles. The summed E-state index contributed by atoms with van der Waals surface area (Å²) in [6.07, 6.45) is -1.26. The number of likely N-dealkylation sites (tertiary alicyclic amines) is 1. The Labute approximate surface area is 338 Å². The highest BCUT2D eigenvalue weighted by atomic mass is 35.5. The number of fused-ring (bicyclic) bond motifs is 4. The van der Waals surface area contributed by atoms with Crippen molar-refractivity contribution >= 4 is 70.2 Å². The van der Waals surface area contributed by atoms with Crippen LogP contribution < -0.4 is 10.2 Å². The summed E-state index contributed by atoms with van der Waals surface area (Å²) in [4.78, 5) is 74.3. The van der Waals surface area contributed by atoms with E-state index in [1.54, 1.807) is 18.2 Å². The fourth-order valence-electron chi connectivity index (χ4n) is 9.08. The number of phenols is 1. The van der Waals surface area contributed by atoms with Gasteiger partial charge in [0.25, 0.3) is 11.8 Å². The lowest BCUT2D eigenvalue weighted by molar-refractivity contribution is -0.141. The van der Waals surface area contributed by atoms with Crippen LogP contribution in [0.15, 0.2) is 60.3 Å². The van der Waals surface area contributed by atoms with Gasteiger partial charge in [-0.15, -0.1) is 0 Å². The van der Waals surface area contributed by atoms with Gasteiger partial charge in [0, 0.05) is 30.1 Å². The lowest BCUT2D eigenvalue weighted by Gasteiger charge is -2.50. The maximum absolute atomic E-state index is 15.3. The Morgan fingerprint density at radius 3 is 2.35 bits per heavy atom. The summed E-state index contributed by atoms with van der Waals surface area (Å²) < 4.78 is 45.9. The molecule has 2 aromatic carbocycles. The van der Waals surface area contributed by atoms with Crippen molar-refractivity contribution in [2.75, 3.05) is 19.1 Å². The molecule has 57 heavy (non-hydrogen) atoms. The van der Waals surface area contributed by atoms with E-state index in [1.807, 2.05) is 0 Å². The molecule has 2 aliphatic carbocycles. The number of benzene rings is 2. The van der Waals surface area contributed by atoms with E-state index in [2.05, 4.69) is 10.4 Å². The first-order valence-electron chi connectivity index (χ1n) is 18.0. The van der Waals surface area contributed by atoms with E-state index in [1.165, 1.54) is 36.3 Å². The van der Waals surface area contributed by atoms with Gasteiger partial charge < -0.3 is 14.9 Å². The van der Waals surface area contributed by atoms with Crippen LogP contribution in [0.1, 0.15) is 61.1 Å². The van der Waals surface area contributed by atoms with Crippen molar-refractivity contribution in [3.63, 3.8) is 0 Å². The quantitative estimate of drug-likeness (QED) is 0.101. The van der Waals surface area contributed by atoms with Crippen LogP contribution in [0.2, 0.25) is 15.1 Å². The molecule has 1 aromatic heterocycles. The molecule has 7 rings (SSSR count). The number of amides is 4. The Kier molecular flexibility index (Phi) is 10.7. The first kappa shape index (κ1) is 40.3. The first-order chi connectivity index (χ1) is 27.0. The van der Waals surface area contributed by atoms with E-state index in [-0.39, 0.29) is 48.2 Å². The second-order valence-corrected chi connectivity index (χ2v) is 15.8. The number of carbonyl (C=O) groups is 5. The number of hydrogen-bond donors (Lipinski definition) is 3. The molecule has 4 amide bonds. The van der Waals surface area contributed by atoms with Crippen molar-refractivity contribution in [3.05, 3.63) is 92.1 Å². The van der Waals surface area contributed by atoms with E-state index >= 15 is 4.79 Å². The van der Waals surface area contributed by atoms with Crippen LogP contribution in [0.3, 0.4) is 0 Å². The molecular weight excluding hydrogens is 816 g/mol. The number of aliphatic carboxylic acids is 1. The maximum Gasteiger partial charge on any atom is 0.417 e. The summed E-state index contributed by atoms with van der Waals surface area (Å²) in [7, 11) is 1.30. The van der Waals surface area contributed by atoms with Crippen molar-refractivity contribution in [1.29, 1.82) is 0 Å². The molecule has 1 saturated carbocycles. The average Bonchev–Trinajstić information content (AvgIpc) is 3.53. The minimum atomic E-state index is -4.78. The summed E-state index contributed by atoms with van der Waals surface area (Å²) in [5, 5.41) is 20.1. The number of anilines is 1. The number of alkyl halides is 3. The van der Waals surface area contributed by atoms with Crippen LogP contribution >= 0.6 is 34.8 Å². The summed E-state index contributed by atoms with van der Waals surface area (Å²) in [6.45, 7) is 0.0781. The van der Waals surface area contributed by atoms with Crippen LogP contribution in [0.25, 0.3) is 0 Å². The number of unbranched alkanes of at least 4 members (excludes halogenated alkanes) is 2. The second-order valence-electron chi connectivity index (χ2n) is 14.5. The Hall–Kier alpha value is -4.86. The molecule has 6 atom stereocenters. The molecule has 0 bridgehead atoms. The minimum Gasteiger partial charge on any atom is -0.503 e. The van der Waals surface area contributed by atoms with Gasteiger partial charge in [-0.2, -0.15) is 18.2 Å². The highest BCUT2D eigenvalue weighted by Crippen LogP contribution is 2.64. The number of ether oxygens (including phenoxy) is 1. The molecular formula is C39H34Cl3F3N4O8. The number of methoxy groups -OCH3 is 1. The number of aromatic hydroxyl groups is 1. The lowest BCUT2D eigenvalue weighted by Crippen LogP contribution is -2.53. The molecule has 0 radical (unpaired) electrons. The van der Waals surface area contributed by atoms with Crippen molar-refractivity contribution in [3.8, 4) is 11.5 Å². The number of allylic oxidation sites excluding steroid dienone is 2. The molecule has 18 heteroatoms. The van der Waals surface area contributed by atoms with Crippen molar-refractivity contribution in [2.45, 2.75) is 56.0 Å². The van der Waals surface area contributed by atoms with Gasteiger partial charge in [-0.25, -0.2) is 4.98 Å². The zero-order valence-corrected chi connectivity index (χ0v) is 32.3.